The Kier molecular flexibility index (Phi) is 4.85. The average molecular weight is 295 g/mol. The molecule has 0 aliphatic rings. The molecule has 0 saturated heterocycles. The lowest BCUT2D eigenvalue weighted by Crippen LogP contribution is -2.09. The predicted octanol–water partition coefficient (Wildman–Crippen LogP) is 4.00. The van der Waals surface area contributed by atoms with Gasteiger partial charge in [0.05, 0.1) is 5.56 Å². The highest BCUT2D eigenvalue weighted by Crippen LogP contribution is 2.31. The fraction of sp³-hybridized carbons (Fsp3) is 0.250. The quantitative estimate of drug-likeness (QED) is 0.900. The number of hydrogen-bond acceptors (Lipinski definition) is 2. The van der Waals surface area contributed by atoms with Crippen LogP contribution in [0.5, 0.6) is 5.75 Å². The van der Waals surface area contributed by atoms with E-state index in [1.807, 2.05) is 31.3 Å². The molecule has 0 atom stereocenters. The topological polar surface area (TPSA) is 21.3 Å². The molecule has 5 heteroatoms. The number of benzene rings is 2. The number of ether oxygens (including phenoxy) is 1. The van der Waals surface area contributed by atoms with Gasteiger partial charge in [0.15, 0.2) is 0 Å². The predicted molar refractivity (Wildman–Crippen MR) is 75.0 cm³/mol. The minimum absolute atomic E-state index is 0.212. The fourth-order valence-corrected chi connectivity index (χ4v) is 1.98. The van der Waals surface area contributed by atoms with E-state index in [4.69, 9.17) is 4.74 Å². The van der Waals surface area contributed by atoms with Crippen LogP contribution < -0.4 is 10.1 Å². The molecular formula is C16H16F3NO. The summed E-state index contributed by atoms with van der Waals surface area (Å²) >= 11 is 0. The minimum Gasteiger partial charge on any atom is -0.489 e. The van der Waals surface area contributed by atoms with Crippen LogP contribution in [0.1, 0.15) is 16.7 Å². The standard InChI is InChI=1S/C16H16F3NO/c1-20-10-12-5-2-3-6-13(12)11-21-15-8-4-7-14(9-15)16(17,18)19/h2-9,20H,10-11H2,1H3. The number of rotatable bonds is 5. The Morgan fingerprint density at radius 1 is 1.00 bits per heavy atom. The molecule has 21 heavy (non-hydrogen) atoms. The Bertz CT molecular complexity index is 596. The van der Waals surface area contributed by atoms with Gasteiger partial charge in [-0.3, -0.25) is 0 Å². The lowest BCUT2D eigenvalue weighted by molar-refractivity contribution is -0.137. The molecule has 0 aliphatic heterocycles. The number of alkyl halides is 3. The van der Waals surface area contributed by atoms with Crippen molar-refractivity contribution in [2.24, 2.45) is 0 Å². The zero-order valence-electron chi connectivity index (χ0n) is 11.6. The summed E-state index contributed by atoms with van der Waals surface area (Å²) in [5, 5.41) is 3.05. The minimum atomic E-state index is -4.36. The van der Waals surface area contributed by atoms with E-state index in [0.717, 1.165) is 23.3 Å². The molecule has 112 valence electrons. The van der Waals surface area contributed by atoms with Crippen LogP contribution in [0.2, 0.25) is 0 Å². The molecule has 0 fully saturated rings. The molecule has 1 N–H and O–H groups in total. The number of nitrogens with one attached hydrogen (secondary N) is 1. The smallest absolute Gasteiger partial charge is 0.416 e. The van der Waals surface area contributed by atoms with Crippen LogP contribution in [0.4, 0.5) is 13.2 Å². The maximum Gasteiger partial charge on any atom is 0.416 e. The summed E-state index contributed by atoms with van der Waals surface area (Å²) in [6.45, 7) is 0.918. The first kappa shape index (κ1) is 15.4. The summed E-state index contributed by atoms with van der Waals surface area (Å²) in [5.41, 5.74) is 1.31. The molecular weight excluding hydrogens is 279 g/mol. The maximum absolute atomic E-state index is 12.6. The third-order valence-corrected chi connectivity index (χ3v) is 3.04. The molecule has 2 nitrogen and oxygen atoms in total. The van der Waals surface area contributed by atoms with E-state index in [2.05, 4.69) is 5.32 Å². The molecule has 2 aromatic carbocycles. The van der Waals surface area contributed by atoms with Gasteiger partial charge >= 0.3 is 6.18 Å². The van der Waals surface area contributed by atoms with E-state index < -0.39 is 11.7 Å². The van der Waals surface area contributed by atoms with Crippen molar-refractivity contribution in [3.05, 3.63) is 65.2 Å². The molecule has 0 radical (unpaired) electrons. The Morgan fingerprint density at radius 3 is 2.38 bits per heavy atom. The van der Waals surface area contributed by atoms with Crippen LogP contribution in [-0.4, -0.2) is 7.05 Å². The molecule has 2 rings (SSSR count). The third-order valence-electron chi connectivity index (χ3n) is 3.04. The van der Waals surface area contributed by atoms with Crippen molar-refractivity contribution in [1.29, 1.82) is 0 Å². The summed E-state index contributed by atoms with van der Waals surface area (Å²) in [6, 6.07) is 12.6. The van der Waals surface area contributed by atoms with Crippen LogP contribution in [0.15, 0.2) is 48.5 Å². The first-order valence-corrected chi connectivity index (χ1v) is 6.52. The molecule has 2 aromatic rings. The van der Waals surface area contributed by atoms with E-state index in [-0.39, 0.29) is 12.4 Å². The van der Waals surface area contributed by atoms with Gasteiger partial charge in [-0.15, -0.1) is 0 Å². The molecule has 0 amide bonds. The fourth-order valence-electron chi connectivity index (χ4n) is 1.98. The molecule has 0 aliphatic carbocycles. The van der Waals surface area contributed by atoms with Crippen LogP contribution in [0.25, 0.3) is 0 Å². The first-order valence-electron chi connectivity index (χ1n) is 6.52. The molecule has 0 spiro atoms. The summed E-state index contributed by atoms with van der Waals surface area (Å²) in [5.74, 6) is 0.212. The average Bonchev–Trinajstić information content (AvgIpc) is 2.46. The van der Waals surface area contributed by atoms with E-state index in [1.165, 1.54) is 12.1 Å². The van der Waals surface area contributed by atoms with Gasteiger partial charge in [0.1, 0.15) is 12.4 Å². The third kappa shape index (κ3) is 4.23. The Hall–Kier alpha value is -2.01. The maximum atomic E-state index is 12.6. The second-order valence-electron chi connectivity index (χ2n) is 4.61. The SMILES string of the molecule is CNCc1ccccc1COc1cccc(C(F)(F)F)c1. The Labute approximate surface area is 121 Å². The molecule has 0 heterocycles. The number of halogens is 3. The van der Waals surface area contributed by atoms with Gasteiger partial charge in [0, 0.05) is 6.54 Å². The van der Waals surface area contributed by atoms with Crippen molar-refractivity contribution >= 4 is 0 Å². The van der Waals surface area contributed by atoms with Gasteiger partial charge in [-0.05, 0) is 36.4 Å². The summed E-state index contributed by atoms with van der Waals surface area (Å²) in [7, 11) is 1.84. The molecule has 0 bridgehead atoms. The second kappa shape index (κ2) is 6.63. The van der Waals surface area contributed by atoms with Gasteiger partial charge in [-0.1, -0.05) is 30.3 Å². The lowest BCUT2D eigenvalue weighted by atomic mass is 10.1. The summed E-state index contributed by atoms with van der Waals surface area (Å²) in [6.07, 6.45) is -4.36. The van der Waals surface area contributed by atoms with E-state index in [0.29, 0.717) is 6.54 Å². The van der Waals surface area contributed by atoms with Crippen molar-refractivity contribution in [3.8, 4) is 5.75 Å². The van der Waals surface area contributed by atoms with Crippen molar-refractivity contribution in [3.63, 3.8) is 0 Å². The van der Waals surface area contributed by atoms with Crippen LogP contribution >= 0.6 is 0 Å². The van der Waals surface area contributed by atoms with Gasteiger partial charge in [-0.2, -0.15) is 13.2 Å². The molecule has 0 saturated carbocycles. The Balaban J connectivity index is 2.10. The molecule has 0 aromatic heterocycles. The van der Waals surface area contributed by atoms with Crippen molar-refractivity contribution in [2.45, 2.75) is 19.3 Å². The number of hydrogen-bond donors (Lipinski definition) is 1. The van der Waals surface area contributed by atoms with Crippen LogP contribution in [0.3, 0.4) is 0 Å². The van der Waals surface area contributed by atoms with Gasteiger partial charge in [0.25, 0.3) is 0 Å². The van der Waals surface area contributed by atoms with Gasteiger partial charge in [0.2, 0.25) is 0 Å². The largest absolute Gasteiger partial charge is 0.489 e. The van der Waals surface area contributed by atoms with E-state index in [1.54, 1.807) is 0 Å². The highest BCUT2D eigenvalue weighted by atomic mass is 19.4. The zero-order chi connectivity index (χ0) is 15.3. The van der Waals surface area contributed by atoms with Gasteiger partial charge < -0.3 is 10.1 Å². The van der Waals surface area contributed by atoms with Crippen LogP contribution in [-0.2, 0) is 19.3 Å². The highest BCUT2D eigenvalue weighted by molar-refractivity contribution is 5.31. The second-order valence-corrected chi connectivity index (χ2v) is 4.61. The Morgan fingerprint density at radius 2 is 1.71 bits per heavy atom. The van der Waals surface area contributed by atoms with E-state index in [9.17, 15) is 13.2 Å². The lowest BCUT2D eigenvalue weighted by Gasteiger charge is -2.12. The molecule has 0 unspecified atom stereocenters. The van der Waals surface area contributed by atoms with Crippen molar-refractivity contribution in [2.75, 3.05) is 7.05 Å². The van der Waals surface area contributed by atoms with Crippen molar-refractivity contribution in [1.82, 2.24) is 5.32 Å². The summed E-state index contributed by atoms with van der Waals surface area (Å²) < 4.78 is 43.4. The normalized spacial score (nSPS) is 11.4. The van der Waals surface area contributed by atoms with E-state index >= 15 is 0 Å². The monoisotopic (exact) mass is 295 g/mol. The summed E-state index contributed by atoms with van der Waals surface area (Å²) in [4.78, 5) is 0. The first-order chi connectivity index (χ1) is 10.0. The highest BCUT2D eigenvalue weighted by Gasteiger charge is 2.30. The van der Waals surface area contributed by atoms with Crippen molar-refractivity contribution < 1.29 is 17.9 Å². The van der Waals surface area contributed by atoms with Crippen LogP contribution in [0, 0.1) is 0 Å². The zero-order valence-corrected chi connectivity index (χ0v) is 11.6. The van der Waals surface area contributed by atoms with Gasteiger partial charge in [-0.25, -0.2) is 0 Å².